The molecule has 13 heteroatoms. The third kappa shape index (κ3) is 9.13. The van der Waals surface area contributed by atoms with Crippen LogP contribution in [-0.2, 0) is 27.2 Å². The van der Waals surface area contributed by atoms with E-state index in [2.05, 4.69) is 16.0 Å². The van der Waals surface area contributed by atoms with E-state index in [9.17, 15) is 24.6 Å². The van der Waals surface area contributed by atoms with Crippen LogP contribution in [0.3, 0.4) is 0 Å². The van der Waals surface area contributed by atoms with Gasteiger partial charge in [-0.05, 0) is 65.9 Å². The number of nitrogens with one attached hydrogen (secondary N) is 3. The van der Waals surface area contributed by atoms with Crippen LogP contribution in [0.1, 0.15) is 24.0 Å². The fourth-order valence-corrected chi connectivity index (χ4v) is 4.92. The van der Waals surface area contributed by atoms with E-state index in [1.165, 1.54) is 12.1 Å². The average molecular weight is 585 g/mol. The summed E-state index contributed by atoms with van der Waals surface area (Å²) < 4.78 is 0. The van der Waals surface area contributed by atoms with Gasteiger partial charge in [0.1, 0.15) is 23.6 Å². The van der Waals surface area contributed by atoms with Gasteiger partial charge in [0, 0.05) is 52.1 Å². The molecule has 0 saturated carbocycles. The second-order valence-electron chi connectivity index (χ2n) is 10.5. The van der Waals surface area contributed by atoms with E-state index in [-0.39, 0.29) is 37.3 Å². The quantitative estimate of drug-likeness (QED) is 0.144. The Morgan fingerprint density at radius 2 is 1.45 bits per heavy atom. The van der Waals surface area contributed by atoms with Crippen molar-refractivity contribution in [3.63, 3.8) is 0 Å². The first-order valence-corrected chi connectivity index (χ1v) is 14.3. The van der Waals surface area contributed by atoms with Crippen molar-refractivity contribution in [1.29, 1.82) is 0 Å². The molecule has 0 radical (unpaired) electrons. The molecule has 2 aromatic carbocycles. The normalized spacial score (nSPS) is 19.4. The number of phenols is 2. The molecule has 0 spiro atoms. The van der Waals surface area contributed by atoms with Crippen molar-refractivity contribution in [3.8, 4) is 22.6 Å². The van der Waals surface area contributed by atoms with E-state index in [1.807, 2.05) is 4.90 Å². The lowest BCUT2D eigenvalue weighted by molar-refractivity contribution is -0.132. The van der Waals surface area contributed by atoms with Gasteiger partial charge >= 0.3 is 0 Å². The number of hydrogen-bond acceptors (Lipinski definition) is 10. The van der Waals surface area contributed by atoms with E-state index in [1.54, 1.807) is 24.3 Å². The van der Waals surface area contributed by atoms with Crippen molar-refractivity contribution in [2.75, 3.05) is 45.8 Å². The number of phenolic OH excluding ortho intramolecular Hbond substituents is 2. The zero-order chi connectivity index (χ0) is 30.6. The molecule has 1 aliphatic heterocycles. The standard InChI is InChI=1S/C29H44N8O5/c30-7-1-2-23-29(42)36-24(28(41)34-10-13-37(11-8-31)12-9-32)17-21-15-19(4-6-26(21)39)18-3-5-25(38)20(14-18)16-22(33)27(40)35-23/h3-6,14-15,22-24,38-39H,1-2,7-13,16-17,30-33H2,(H,34,41)(H,35,40)(H,36,42)/t22-,23+,24+/m1/s1. The maximum absolute atomic E-state index is 13.5. The van der Waals surface area contributed by atoms with Gasteiger partial charge in [-0.1, -0.05) is 12.1 Å². The van der Waals surface area contributed by atoms with Crippen molar-refractivity contribution in [1.82, 2.24) is 20.9 Å². The molecule has 0 aliphatic carbocycles. The van der Waals surface area contributed by atoms with Crippen molar-refractivity contribution in [2.45, 2.75) is 43.8 Å². The van der Waals surface area contributed by atoms with Crippen LogP contribution < -0.4 is 38.9 Å². The highest BCUT2D eigenvalue weighted by atomic mass is 16.3. The number of carbonyl (C=O) groups is 3. The Morgan fingerprint density at radius 1 is 0.857 bits per heavy atom. The van der Waals surface area contributed by atoms with Crippen LogP contribution in [-0.4, -0.2) is 96.8 Å². The molecule has 0 fully saturated rings. The number of hydrogen-bond donors (Lipinski definition) is 9. The molecule has 0 unspecified atom stereocenters. The molecular weight excluding hydrogens is 540 g/mol. The minimum absolute atomic E-state index is 0.0176. The Labute approximate surface area is 246 Å². The minimum atomic E-state index is -1.07. The van der Waals surface area contributed by atoms with Crippen molar-refractivity contribution >= 4 is 17.7 Å². The number of carbonyl (C=O) groups excluding carboxylic acids is 3. The molecule has 0 aromatic heterocycles. The number of aromatic hydroxyl groups is 2. The molecule has 42 heavy (non-hydrogen) atoms. The van der Waals surface area contributed by atoms with Gasteiger partial charge in [0.25, 0.3) is 0 Å². The Kier molecular flexibility index (Phi) is 12.5. The summed E-state index contributed by atoms with van der Waals surface area (Å²) >= 11 is 0. The van der Waals surface area contributed by atoms with Crippen LogP contribution >= 0.6 is 0 Å². The molecule has 3 atom stereocenters. The zero-order valence-electron chi connectivity index (χ0n) is 23.9. The predicted molar refractivity (Wildman–Crippen MR) is 160 cm³/mol. The lowest BCUT2D eigenvalue weighted by Gasteiger charge is -2.25. The van der Waals surface area contributed by atoms with Gasteiger partial charge in [0.2, 0.25) is 17.7 Å². The second-order valence-corrected chi connectivity index (χ2v) is 10.5. The molecule has 13 nitrogen and oxygen atoms in total. The van der Waals surface area contributed by atoms with E-state index >= 15 is 0 Å². The Hall–Kier alpha value is -3.75. The van der Waals surface area contributed by atoms with E-state index < -0.39 is 35.8 Å². The van der Waals surface area contributed by atoms with Gasteiger partial charge in [0.15, 0.2) is 0 Å². The lowest BCUT2D eigenvalue weighted by atomic mass is 9.95. The van der Waals surface area contributed by atoms with Gasteiger partial charge in [-0.25, -0.2) is 0 Å². The third-order valence-corrected chi connectivity index (χ3v) is 7.27. The van der Waals surface area contributed by atoms with Crippen LogP contribution in [0.15, 0.2) is 36.4 Å². The smallest absolute Gasteiger partial charge is 0.243 e. The number of amides is 3. The first kappa shape index (κ1) is 32.8. The van der Waals surface area contributed by atoms with Gasteiger partial charge < -0.3 is 49.1 Å². The first-order valence-electron chi connectivity index (χ1n) is 14.3. The number of benzene rings is 2. The highest BCUT2D eigenvalue weighted by molar-refractivity contribution is 5.93. The lowest BCUT2D eigenvalue weighted by Crippen LogP contribution is -2.56. The third-order valence-electron chi connectivity index (χ3n) is 7.27. The van der Waals surface area contributed by atoms with Gasteiger partial charge in [-0.2, -0.15) is 0 Å². The summed E-state index contributed by atoms with van der Waals surface area (Å²) in [5, 5.41) is 29.5. The number of fused-ring (bicyclic) bond motifs is 5. The van der Waals surface area contributed by atoms with E-state index in [0.29, 0.717) is 62.4 Å². The molecule has 13 N–H and O–H groups in total. The van der Waals surface area contributed by atoms with Gasteiger partial charge in [0.05, 0.1) is 6.04 Å². The molecule has 4 bridgehead atoms. The predicted octanol–water partition coefficient (Wildman–Crippen LogP) is -1.77. The Morgan fingerprint density at radius 3 is 2.02 bits per heavy atom. The first-order chi connectivity index (χ1) is 20.2. The van der Waals surface area contributed by atoms with Gasteiger partial charge in [-0.15, -0.1) is 0 Å². The molecule has 3 rings (SSSR count). The number of rotatable bonds is 11. The Bertz CT molecular complexity index is 1220. The largest absolute Gasteiger partial charge is 0.508 e. The topological polar surface area (TPSA) is 235 Å². The van der Waals surface area contributed by atoms with Crippen LogP contribution in [0.5, 0.6) is 11.5 Å². The summed E-state index contributed by atoms with van der Waals surface area (Å²) in [4.78, 5) is 42.0. The van der Waals surface area contributed by atoms with Crippen LogP contribution in [0.4, 0.5) is 0 Å². The van der Waals surface area contributed by atoms with Crippen LogP contribution in [0.2, 0.25) is 0 Å². The monoisotopic (exact) mass is 584 g/mol. The zero-order valence-corrected chi connectivity index (χ0v) is 23.9. The summed E-state index contributed by atoms with van der Waals surface area (Å²) in [6.07, 6.45) is 0.671. The van der Waals surface area contributed by atoms with Crippen LogP contribution in [0.25, 0.3) is 11.1 Å². The SMILES string of the molecule is NCCC[C@@H]1NC(=O)[C@H](N)Cc2cc(ccc2O)-c2ccc(O)c(c2)C[C@@H](C(=O)NCCN(CCN)CCN)NC1=O. The maximum atomic E-state index is 13.5. The molecule has 0 saturated heterocycles. The van der Waals surface area contributed by atoms with E-state index in [4.69, 9.17) is 22.9 Å². The summed E-state index contributed by atoms with van der Waals surface area (Å²) in [5.74, 6) is -1.67. The summed E-state index contributed by atoms with van der Waals surface area (Å²) in [6.45, 7) is 3.23. The molecule has 3 amide bonds. The van der Waals surface area contributed by atoms with Crippen molar-refractivity contribution in [2.24, 2.45) is 22.9 Å². The fraction of sp³-hybridized carbons (Fsp3) is 0.483. The molecular formula is C29H44N8O5. The molecule has 2 aromatic rings. The minimum Gasteiger partial charge on any atom is -0.508 e. The highest BCUT2D eigenvalue weighted by Gasteiger charge is 2.29. The maximum Gasteiger partial charge on any atom is 0.243 e. The Balaban J connectivity index is 1.97. The van der Waals surface area contributed by atoms with Crippen LogP contribution in [0, 0.1) is 0 Å². The molecule has 230 valence electrons. The van der Waals surface area contributed by atoms with Crippen molar-refractivity contribution in [3.05, 3.63) is 47.5 Å². The number of nitrogens with two attached hydrogens (primary N) is 4. The highest BCUT2D eigenvalue weighted by Crippen LogP contribution is 2.30. The van der Waals surface area contributed by atoms with Gasteiger partial charge in [-0.3, -0.25) is 19.3 Å². The number of nitrogens with zero attached hydrogens (tertiary/aromatic N) is 1. The fourth-order valence-electron chi connectivity index (χ4n) is 4.92. The second kappa shape index (κ2) is 16.0. The van der Waals surface area contributed by atoms with Crippen molar-refractivity contribution < 1.29 is 24.6 Å². The van der Waals surface area contributed by atoms with E-state index in [0.717, 1.165) is 5.56 Å². The average Bonchev–Trinajstić information content (AvgIpc) is 2.96. The summed E-state index contributed by atoms with van der Waals surface area (Å²) in [7, 11) is 0. The molecule has 1 aliphatic rings. The summed E-state index contributed by atoms with van der Waals surface area (Å²) in [5.41, 5.74) is 25.5. The summed E-state index contributed by atoms with van der Waals surface area (Å²) in [6, 6.07) is 6.79. The molecule has 1 heterocycles.